The Bertz CT molecular complexity index is 641. The first-order chi connectivity index (χ1) is 9.97. The SMILES string of the molecule is Cc1ccc(CNC(C)c2ccc(F)cc2)cc1[N+](=O)[O-]. The van der Waals surface area contributed by atoms with Gasteiger partial charge in [-0.3, -0.25) is 10.1 Å². The summed E-state index contributed by atoms with van der Waals surface area (Å²) in [5.74, 6) is -0.264. The lowest BCUT2D eigenvalue weighted by Crippen LogP contribution is -2.18. The summed E-state index contributed by atoms with van der Waals surface area (Å²) in [6.45, 7) is 4.20. The van der Waals surface area contributed by atoms with Crippen LogP contribution in [-0.2, 0) is 6.54 Å². The fourth-order valence-electron chi connectivity index (χ4n) is 2.10. The molecule has 0 amide bonds. The number of nitro benzene ring substituents is 1. The molecule has 4 nitrogen and oxygen atoms in total. The summed E-state index contributed by atoms with van der Waals surface area (Å²) in [6.07, 6.45) is 0. The van der Waals surface area contributed by atoms with Crippen LogP contribution in [0, 0.1) is 22.9 Å². The Morgan fingerprint density at radius 2 is 1.90 bits per heavy atom. The molecule has 1 unspecified atom stereocenters. The molecule has 2 aromatic rings. The zero-order valence-corrected chi connectivity index (χ0v) is 12.0. The number of nitrogens with zero attached hydrogens (tertiary/aromatic N) is 1. The molecule has 1 N–H and O–H groups in total. The van der Waals surface area contributed by atoms with Crippen LogP contribution in [0.15, 0.2) is 42.5 Å². The van der Waals surface area contributed by atoms with Crippen molar-refractivity contribution in [2.24, 2.45) is 0 Å². The molecule has 1 atom stereocenters. The van der Waals surface area contributed by atoms with Crippen LogP contribution in [0.4, 0.5) is 10.1 Å². The van der Waals surface area contributed by atoms with Crippen molar-refractivity contribution in [2.75, 3.05) is 0 Å². The summed E-state index contributed by atoms with van der Waals surface area (Å²) in [7, 11) is 0. The van der Waals surface area contributed by atoms with E-state index in [1.165, 1.54) is 12.1 Å². The summed E-state index contributed by atoms with van der Waals surface area (Å²) >= 11 is 0. The molecule has 21 heavy (non-hydrogen) atoms. The lowest BCUT2D eigenvalue weighted by Gasteiger charge is -2.14. The van der Waals surface area contributed by atoms with E-state index in [2.05, 4.69) is 5.32 Å². The smallest absolute Gasteiger partial charge is 0.272 e. The van der Waals surface area contributed by atoms with E-state index in [1.807, 2.05) is 13.0 Å². The molecule has 0 aliphatic rings. The molecule has 0 aliphatic carbocycles. The second kappa shape index (κ2) is 6.45. The van der Waals surface area contributed by atoms with Gasteiger partial charge in [-0.05, 0) is 37.1 Å². The van der Waals surface area contributed by atoms with E-state index in [0.29, 0.717) is 12.1 Å². The highest BCUT2D eigenvalue weighted by Crippen LogP contribution is 2.20. The Hall–Kier alpha value is -2.27. The van der Waals surface area contributed by atoms with Crippen LogP contribution < -0.4 is 5.32 Å². The molecule has 0 saturated carbocycles. The third-order valence-electron chi connectivity index (χ3n) is 3.45. The first-order valence-corrected chi connectivity index (χ1v) is 6.70. The van der Waals surface area contributed by atoms with E-state index in [0.717, 1.165) is 11.1 Å². The summed E-state index contributed by atoms with van der Waals surface area (Å²) in [6, 6.07) is 11.5. The highest BCUT2D eigenvalue weighted by Gasteiger charge is 2.11. The van der Waals surface area contributed by atoms with Gasteiger partial charge in [0.05, 0.1) is 4.92 Å². The van der Waals surface area contributed by atoms with Gasteiger partial charge in [0.15, 0.2) is 0 Å². The number of nitro groups is 1. The molecule has 0 aromatic heterocycles. The third kappa shape index (κ3) is 3.86. The van der Waals surface area contributed by atoms with E-state index >= 15 is 0 Å². The highest BCUT2D eigenvalue weighted by molar-refractivity contribution is 5.42. The normalized spacial score (nSPS) is 12.1. The van der Waals surface area contributed by atoms with Crippen LogP contribution in [0.2, 0.25) is 0 Å². The maximum Gasteiger partial charge on any atom is 0.272 e. The van der Waals surface area contributed by atoms with Gasteiger partial charge in [0.2, 0.25) is 0 Å². The molecule has 110 valence electrons. The highest BCUT2D eigenvalue weighted by atomic mass is 19.1. The van der Waals surface area contributed by atoms with Crippen LogP contribution >= 0.6 is 0 Å². The van der Waals surface area contributed by atoms with Gasteiger partial charge in [-0.1, -0.05) is 24.3 Å². The number of nitrogens with one attached hydrogen (secondary N) is 1. The molecule has 0 spiro atoms. The zero-order chi connectivity index (χ0) is 15.4. The van der Waals surface area contributed by atoms with Gasteiger partial charge in [-0.2, -0.15) is 0 Å². The van der Waals surface area contributed by atoms with E-state index in [1.54, 1.807) is 31.2 Å². The molecule has 0 heterocycles. The average Bonchev–Trinajstić information content (AvgIpc) is 2.46. The Morgan fingerprint density at radius 1 is 1.24 bits per heavy atom. The van der Waals surface area contributed by atoms with Crippen molar-refractivity contribution in [1.82, 2.24) is 5.32 Å². The number of rotatable bonds is 5. The second-order valence-corrected chi connectivity index (χ2v) is 5.03. The first-order valence-electron chi connectivity index (χ1n) is 6.70. The predicted molar refractivity (Wildman–Crippen MR) is 79.5 cm³/mol. The van der Waals surface area contributed by atoms with Crippen LogP contribution in [0.3, 0.4) is 0 Å². The summed E-state index contributed by atoms with van der Waals surface area (Å²) in [4.78, 5) is 10.5. The van der Waals surface area contributed by atoms with Crippen LogP contribution in [0.25, 0.3) is 0 Å². The molecule has 2 aromatic carbocycles. The van der Waals surface area contributed by atoms with Crippen molar-refractivity contribution >= 4 is 5.69 Å². The fraction of sp³-hybridized carbons (Fsp3) is 0.250. The van der Waals surface area contributed by atoms with Gasteiger partial charge in [-0.25, -0.2) is 4.39 Å². The molecular formula is C16H17FN2O2. The Labute approximate surface area is 122 Å². The number of aryl methyl sites for hydroxylation is 1. The van der Waals surface area contributed by atoms with Crippen LogP contribution in [0.1, 0.15) is 29.7 Å². The minimum absolute atomic E-state index is 0.0333. The van der Waals surface area contributed by atoms with Gasteiger partial charge in [0.1, 0.15) is 5.82 Å². The van der Waals surface area contributed by atoms with Crippen molar-refractivity contribution in [3.8, 4) is 0 Å². The Kier molecular flexibility index (Phi) is 4.65. The minimum atomic E-state index is -0.373. The maximum atomic E-state index is 12.9. The molecular weight excluding hydrogens is 271 g/mol. The summed E-state index contributed by atoms with van der Waals surface area (Å²) in [5, 5.41) is 14.2. The maximum absolute atomic E-state index is 12.9. The molecule has 0 aliphatic heterocycles. The van der Waals surface area contributed by atoms with Crippen LogP contribution in [-0.4, -0.2) is 4.92 Å². The minimum Gasteiger partial charge on any atom is -0.306 e. The average molecular weight is 288 g/mol. The largest absolute Gasteiger partial charge is 0.306 e. The molecule has 0 fully saturated rings. The zero-order valence-electron chi connectivity index (χ0n) is 12.0. The fourth-order valence-corrected chi connectivity index (χ4v) is 2.10. The third-order valence-corrected chi connectivity index (χ3v) is 3.45. The number of hydrogen-bond acceptors (Lipinski definition) is 3. The molecule has 5 heteroatoms. The lowest BCUT2D eigenvalue weighted by atomic mass is 10.1. The second-order valence-electron chi connectivity index (χ2n) is 5.03. The Morgan fingerprint density at radius 3 is 2.52 bits per heavy atom. The van der Waals surface area contributed by atoms with E-state index < -0.39 is 0 Å². The standard InChI is InChI=1S/C16H17FN2O2/c1-11-3-4-13(9-16(11)19(20)21)10-18-12(2)14-5-7-15(17)8-6-14/h3-9,12,18H,10H2,1-2H3. The van der Waals surface area contributed by atoms with Crippen molar-refractivity contribution in [1.29, 1.82) is 0 Å². The van der Waals surface area contributed by atoms with E-state index in [-0.39, 0.29) is 22.5 Å². The van der Waals surface area contributed by atoms with Crippen molar-refractivity contribution in [3.05, 3.63) is 75.1 Å². The van der Waals surface area contributed by atoms with Gasteiger partial charge >= 0.3 is 0 Å². The van der Waals surface area contributed by atoms with Crippen molar-refractivity contribution in [3.63, 3.8) is 0 Å². The monoisotopic (exact) mass is 288 g/mol. The van der Waals surface area contributed by atoms with Gasteiger partial charge < -0.3 is 5.32 Å². The number of halogens is 1. The summed E-state index contributed by atoms with van der Waals surface area (Å²) < 4.78 is 12.9. The quantitative estimate of drug-likeness (QED) is 0.670. The van der Waals surface area contributed by atoms with Gasteiger partial charge in [0, 0.05) is 24.2 Å². The van der Waals surface area contributed by atoms with Gasteiger partial charge in [-0.15, -0.1) is 0 Å². The van der Waals surface area contributed by atoms with Crippen LogP contribution in [0.5, 0.6) is 0 Å². The summed E-state index contributed by atoms with van der Waals surface area (Å²) in [5.41, 5.74) is 2.60. The molecule has 2 rings (SSSR count). The van der Waals surface area contributed by atoms with E-state index in [4.69, 9.17) is 0 Å². The number of benzene rings is 2. The molecule has 0 radical (unpaired) electrons. The van der Waals surface area contributed by atoms with Gasteiger partial charge in [0.25, 0.3) is 5.69 Å². The van der Waals surface area contributed by atoms with Crippen molar-refractivity contribution in [2.45, 2.75) is 26.4 Å². The predicted octanol–water partition coefficient (Wildman–Crippen LogP) is 3.89. The number of hydrogen-bond donors (Lipinski definition) is 1. The molecule has 0 saturated heterocycles. The van der Waals surface area contributed by atoms with Crippen molar-refractivity contribution < 1.29 is 9.31 Å². The Balaban J connectivity index is 2.04. The van der Waals surface area contributed by atoms with E-state index in [9.17, 15) is 14.5 Å². The topological polar surface area (TPSA) is 55.2 Å². The lowest BCUT2D eigenvalue weighted by molar-refractivity contribution is -0.385. The molecule has 0 bridgehead atoms. The first kappa shape index (κ1) is 15.1.